The summed E-state index contributed by atoms with van der Waals surface area (Å²) in [5.74, 6) is -0.674. The van der Waals surface area contributed by atoms with Crippen LogP contribution in [0.15, 0.2) is 76.2 Å². The lowest BCUT2D eigenvalue weighted by Gasteiger charge is -2.23. The number of amides is 1. The molecular weight excluding hydrogens is 413 g/mol. The summed E-state index contributed by atoms with van der Waals surface area (Å²) in [6.45, 7) is 0.0376. The number of anilines is 1. The normalized spacial score (nSPS) is 11.6. The van der Waals surface area contributed by atoms with E-state index in [9.17, 15) is 22.8 Å². The van der Waals surface area contributed by atoms with Crippen LogP contribution in [-0.2, 0) is 12.7 Å². The van der Waals surface area contributed by atoms with Crippen LogP contribution in [0, 0.1) is 0 Å². The lowest BCUT2D eigenvalue weighted by molar-refractivity contribution is -0.137. The molecule has 1 amide bonds. The van der Waals surface area contributed by atoms with Crippen LogP contribution in [0.4, 0.5) is 18.9 Å². The van der Waals surface area contributed by atoms with E-state index >= 15 is 0 Å². The van der Waals surface area contributed by atoms with Gasteiger partial charge in [-0.15, -0.1) is 0 Å². The quantitative estimate of drug-likeness (QED) is 0.470. The second kappa shape index (κ2) is 7.79. The number of halogens is 3. The minimum absolute atomic E-state index is 0.0376. The van der Waals surface area contributed by atoms with Crippen LogP contribution in [-0.4, -0.2) is 10.9 Å². The van der Waals surface area contributed by atoms with Crippen LogP contribution in [0.25, 0.3) is 10.9 Å². The van der Waals surface area contributed by atoms with Crippen LogP contribution in [0.2, 0.25) is 0 Å². The van der Waals surface area contributed by atoms with Gasteiger partial charge < -0.3 is 9.88 Å². The Kier molecular flexibility index (Phi) is 5.17. The number of pyridine rings is 1. The van der Waals surface area contributed by atoms with Gasteiger partial charge in [-0.2, -0.15) is 24.5 Å². The predicted molar refractivity (Wildman–Crippen MR) is 111 cm³/mol. The first-order valence-electron chi connectivity index (χ1n) is 8.95. The Hall–Kier alpha value is -3.39. The first kappa shape index (κ1) is 19.9. The molecule has 0 spiro atoms. The molecule has 2 aromatic carbocycles. The molecule has 2 aromatic heterocycles. The van der Waals surface area contributed by atoms with Crippen molar-refractivity contribution in [3.63, 3.8) is 0 Å². The van der Waals surface area contributed by atoms with E-state index in [0.29, 0.717) is 10.9 Å². The van der Waals surface area contributed by atoms with Gasteiger partial charge in [0.15, 0.2) is 0 Å². The highest BCUT2D eigenvalue weighted by Crippen LogP contribution is 2.32. The molecule has 0 saturated heterocycles. The number of aromatic nitrogens is 1. The number of benzene rings is 2. The van der Waals surface area contributed by atoms with E-state index in [0.717, 1.165) is 17.7 Å². The standard InChI is InChI=1S/C22H15F3N2O2S/c23-22(24,25)16-5-3-6-17(11-16)27(12-14-8-9-30-13-14)21(29)18-10-15-4-1-2-7-19(15)26-20(18)28/h1-11,13H,12H2,(H,26,28). The van der Waals surface area contributed by atoms with Crippen molar-refractivity contribution in [3.8, 4) is 0 Å². The lowest BCUT2D eigenvalue weighted by atomic mass is 10.1. The minimum Gasteiger partial charge on any atom is -0.321 e. The Morgan fingerprint density at radius 2 is 1.83 bits per heavy atom. The number of nitrogens with zero attached hydrogens (tertiary/aromatic N) is 1. The Labute approximate surface area is 173 Å². The number of hydrogen-bond acceptors (Lipinski definition) is 3. The number of hydrogen-bond donors (Lipinski definition) is 1. The molecule has 4 nitrogen and oxygen atoms in total. The third-order valence-electron chi connectivity index (χ3n) is 4.63. The van der Waals surface area contributed by atoms with Crippen molar-refractivity contribution in [1.82, 2.24) is 4.98 Å². The average molecular weight is 428 g/mol. The van der Waals surface area contributed by atoms with Gasteiger partial charge in [-0.05, 0) is 58.1 Å². The van der Waals surface area contributed by atoms with Crippen molar-refractivity contribution >= 4 is 33.8 Å². The molecule has 4 rings (SSSR count). The van der Waals surface area contributed by atoms with E-state index in [2.05, 4.69) is 4.98 Å². The molecule has 2 heterocycles. The summed E-state index contributed by atoms with van der Waals surface area (Å²) in [6.07, 6.45) is -4.55. The SMILES string of the molecule is O=C(c1cc2ccccc2[nH]c1=O)N(Cc1ccsc1)c1cccc(C(F)(F)F)c1. The fraction of sp³-hybridized carbons (Fsp3) is 0.0909. The van der Waals surface area contributed by atoms with Crippen molar-refractivity contribution in [1.29, 1.82) is 0 Å². The largest absolute Gasteiger partial charge is 0.416 e. The molecule has 0 aliphatic heterocycles. The maximum absolute atomic E-state index is 13.3. The molecule has 0 aliphatic carbocycles. The highest BCUT2D eigenvalue weighted by molar-refractivity contribution is 7.07. The lowest BCUT2D eigenvalue weighted by Crippen LogP contribution is -2.34. The van der Waals surface area contributed by atoms with E-state index in [4.69, 9.17) is 0 Å². The van der Waals surface area contributed by atoms with Gasteiger partial charge in [0.2, 0.25) is 0 Å². The minimum atomic E-state index is -4.55. The summed E-state index contributed by atoms with van der Waals surface area (Å²) in [7, 11) is 0. The van der Waals surface area contributed by atoms with E-state index in [1.807, 2.05) is 5.38 Å². The fourth-order valence-electron chi connectivity index (χ4n) is 3.15. The first-order chi connectivity index (χ1) is 14.3. The van der Waals surface area contributed by atoms with E-state index < -0.39 is 23.2 Å². The molecule has 8 heteroatoms. The maximum atomic E-state index is 13.3. The zero-order valence-electron chi connectivity index (χ0n) is 15.4. The smallest absolute Gasteiger partial charge is 0.321 e. The van der Waals surface area contributed by atoms with Crippen molar-refractivity contribution in [2.75, 3.05) is 4.90 Å². The van der Waals surface area contributed by atoms with Gasteiger partial charge in [0.05, 0.1) is 12.1 Å². The number of rotatable bonds is 4. The Morgan fingerprint density at radius 1 is 1.03 bits per heavy atom. The number of carbonyl (C=O) groups is 1. The summed E-state index contributed by atoms with van der Waals surface area (Å²) in [4.78, 5) is 29.7. The number of nitrogens with one attached hydrogen (secondary N) is 1. The molecule has 0 saturated carbocycles. The number of aromatic amines is 1. The molecule has 0 aliphatic rings. The van der Waals surface area contributed by atoms with Crippen LogP contribution in [0.3, 0.4) is 0 Å². The molecule has 152 valence electrons. The number of H-pyrrole nitrogens is 1. The van der Waals surface area contributed by atoms with E-state index in [1.165, 1.54) is 34.4 Å². The summed E-state index contributed by atoms with van der Waals surface area (Å²) in [6, 6.07) is 14.8. The Morgan fingerprint density at radius 3 is 2.57 bits per heavy atom. The summed E-state index contributed by atoms with van der Waals surface area (Å²) >= 11 is 1.41. The van der Waals surface area contributed by atoms with Gasteiger partial charge in [0, 0.05) is 11.2 Å². The number of thiophene rings is 1. The molecule has 0 radical (unpaired) electrons. The topological polar surface area (TPSA) is 53.2 Å². The van der Waals surface area contributed by atoms with Gasteiger partial charge in [-0.1, -0.05) is 24.3 Å². The van der Waals surface area contributed by atoms with Crippen LogP contribution >= 0.6 is 11.3 Å². The molecule has 0 atom stereocenters. The second-order valence-electron chi connectivity index (χ2n) is 6.67. The number of para-hydroxylation sites is 1. The first-order valence-corrected chi connectivity index (χ1v) is 9.89. The molecular formula is C22H15F3N2O2S. The zero-order chi connectivity index (χ0) is 21.3. The third-order valence-corrected chi connectivity index (χ3v) is 5.37. The number of carbonyl (C=O) groups excluding carboxylic acids is 1. The Balaban J connectivity index is 1.81. The number of alkyl halides is 3. The van der Waals surface area contributed by atoms with E-state index in [1.54, 1.807) is 35.7 Å². The molecule has 0 fully saturated rings. The van der Waals surface area contributed by atoms with Gasteiger partial charge in [-0.3, -0.25) is 9.59 Å². The second-order valence-corrected chi connectivity index (χ2v) is 7.45. The molecule has 0 unspecified atom stereocenters. The zero-order valence-corrected chi connectivity index (χ0v) is 16.3. The van der Waals surface area contributed by atoms with Gasteiger partial charge in [0.25, 0.3) is 11.5 Å². The van der Waals surface area contributed by atoms with Crippen molar-refractivity contribution in [2.24, 2.45) is 0 Å². The molecule has 0 bridgehead atoms. The molecule has 4 aromatic rings. The highest BCUT2D eigenvalue weighted by atomic mass is 32.1. The molecule has 30 heavy (non-hydrogen) atoms. The number of fused-ring (bicyclic) bond motifs is 1. The van der Waals surface area contributed by atoms with Crippen molar-refractivity contribution in [3.05, 3.63) is 98.5 Å². The van der Waals surface area contributed by atoms with Crippen LogP contribution in [0.1, 0.15) is 21.5 Å². The predicted octanol–water partition coefficient (Wildman–Crippen LogP) is 5.46. The highest BCUT2D eigenvalue weighted by Gasteiger charge is 2.31. The fourth-order valence-corrected chi connectivity index (χ4v) is 3.81. The van der Waals surface area contributed by atoms with Crippen molar-refractivity contribution < 1.29 is 18.0 Å². The summed E-state index contributed by atoms with van der Waals surface area (Å²) in [5, 5.41) is 4.27. The van der Waals surface area contributed by atoms with Crippen LogP contribution < -0.4 is 10.5 Å². The van der Waals surface area contributed by atoms with Crippen molar-refractivity contribution in [2.45, 2.75) is 12.7 Å². The van der Waals surface area contributed by atoms with Gasteiger partial charge >= 0.3 is 6.18 Å². The summed E-state index contributed by atoms with van der Waals surface area (Å²) in [5.41, 5.74) is -0.211. The monoisotopic (exact) mass is 428 g/mol. The molecule has 1 N–H and O–H groups in total. The summed E-state index contributed by atoms with van der Waals surface area (Å²) < 4.78 is 39.6. The van der Waals surface area contributed by atoms with Crippen LogP contribution in [0.5, 0.6) is 0 Å². The third kappa shape index (κ3) is 3.99. The van der Waals surface area contributed by atoms with E-state index in [-0.39, 0.29) is 17.8 Å². The Bertz CT molecular complexity index is 1260. The maximum Gasteiger partial charge on any atom is 0.416 e. The van der Waals surface area contributed by atoms with Gasteiger partial charge in [0.1, 0.15) is 5.56 Å². The van der Waals surface area contributed by atoms with Gasteiger partial charge in [-0.25, -0.2) is 0 Å². The average Bonchev–Trinajstić information content (AvgIpc) is 3.24.